The Morgan fingerprint density at radius 2 is 1.94 bits per heavy atom. The standard InChI is InChI=1S/C12H23N3O2/c1-9-7-14-11(8-13-9)12(16)15(2)10-3-5-17-6-4-10/h9-11,13-14H,3-8H2,1-2H3. The first-order valence-corrected chi connectivity index (χ1v) is 6.49. The highest BCUT2D eigenvalue weighted by Gasteiger charge is 2.29. The molecule has 2 saturated heterocycles. The van der Waals surface area contributed by atoms with E-state index in [1.807, 2.05) is 11.9 Å². The van der Waals surface area contributed by atoms with E-state index in [4.69, 9.17) is 4.74 Å². The fourth-order valence-electron chi connectivity index (χ4n) is 2.46. The molecule has 2 fully saturated rings. The average molecular weight is 241 g/mol. The maximum absolute atomic E-state index is 12.3. The number of piperazine rings is 1. The molecule has 0 bridgehead atoms. The van der Waals surface area contributed by atoms with Gasteiger partial charge in [-0.1, -0.05) is 0 Å². The molecule has 0 spiro atoms. The summed E-state index contributed by atoms with van der Waals surface area (Å²) >= 11 is 0. The number of amides is 1. The maximum Gasteiger partial charge on any atom is 0.241 e. The highest BCUT2D eigenvalue weighted by Crippen LogP contribution is 2.14. The van der Waals surface area contributed by atoms with Crippen molar-refractivity contribution < 1.29 is 9.53 Å². The van der Waals surface area contributed by atoms with Crippen molar-refractivity contribution in [3.63, 3.8) is 0 Å². The van der Waals surface area contributed by atoms with E-state index in [-0.39, 0.29) is 11.9 Å². The Morgan fingerprint density at radius 1 is 1.24 bits per heavy atom. The molecule has 2 unspecified atom stereocenters. The van der Waals surface area contributed by atoms with Crippen molar-refractivity contribution in [1.29, 1.82) is 0 Å². The van der Waals surface area contributed by atoms with Crippen molar-refractivity contribution in [2.75, 3.05) is 33.4 Å². The highest BCUT2D eigenvalue weighted by molar-refractivity contribution is 5.82. The van der Waals surface area contributed by atoms with Gasteiger partial charge in [-0.05, 0) is 19.8 Å². The quantitative estimate of drug-likeness (QED) is 0.689. The number of ether oxygens (including phenoxy) is 1. The number of carbonyl (C=O) groups is 1. The van der Waals surface area contributed by atoms with Crippen molar-refractivity contribution in [3.05, 3.63) is 0 Å². The van der Waals surface area contributed by atoms with Crippen LogP contribution >= 0.6 is 0 Å². The molecule has 1 amide bonds. The molecule has 2 N–H and O–H groups in total. The molecular formula is C12H23N3O2. The fourth-order valence-corrected chi connectivity index (χ4v) is 2.46. The molecule has 5 nitrogen and oxygen atoms in total. The van der Waals surface area contributed by atoms with E-state index in [1.54, 1.807) is 0 Å². The lowest BCUT2D eigenvalue weighted by molar-refractivity contribution is -0.136. The van der Waals surface area contributed by atoms with E-state index in [0.29, 0.717) is 12.1 Å². The van der Waals surface area contributed by atoms with Gasteiger partial charge in [-0.25, -0.2) is 0 Å². The van der Waals surface area contributed by atoms with Crippen LogP contribution in [0.1, 0.15) is 19.8 Å². The first-order valence-electron chi connectivity index (χ1n) is 6.49. The summed E-state index contributed by atoms with van der Waals surface area (Å²) in [4.78, 5) is 14.2. The first-order chi connectivity index (χ1) is 8.18. The van der Waals surface area contributed by atoms with Crippen molar-refractivity contribution in [2.45, 2.75) is 37.9 Å². The average Bonchev–Trinajstić information content (AvgIpc) is 2.39. The third kappa shape index (κ3) is 3.18. The Hall–Kier alpha value is -0.650. The molecule has 2 aliphatic rings. The lowest BCUT2D eigenvalue weighted by Crippen LogP contribution is -2.60. The molecule has 0 aliphatic carbocycles. The summed E-state index contributed by atoms with van der Waals surface area (Å²) < 4.78 is 5.32. The summed E-state index contributed by atoms with van der Waals surface area (Å²) in [6, 6.07) is 0.726. The molecule has 98 valence electrons. The maximum atomic E-state index is 12.3. The van der Waals surface area contributed by atoms with Crippen LogP contribution in [0.2, 0.25) is 0 Å². The van der Waals surface area contributed by atoms with Gasteiger partial charge in [-0.3, -0.25) is 4.79 Å². The Bertz CT molecular complexity index is 258. The van der Waals surface area contributed by atoms with Crippen LogP contribution in [0.5, 0.6) is 0 Å². The van der Waals surface area contributed by atoms with Gasteiger partial charge in [-0.2, -0.15) is 0 Å². The molecule has 0 saturated carbocycles. The Kier molecular flexibility index (Phi) is 4.36. The topological polar surface area (TPSA) is 53.6 Å². The molecule has 2 atom stereocenters. The lowest BCUT2D eigenvalue weighted by Gasteiger charge is -2.36. The van der Waals surface area contributed by atoms with E-state index in [1.165, 1.54) is 0 Å². The number of nitrogens with zero attached hydrogens (tertiary/aromatic N) is 1. The first kappa shape index (κ1) is 12.8. The van der Waals surface area contributed by atoms with E-state index < -0.39 is 0 Å². The highest BCUT2D eigenvalue weighted by atomic mass is 16.5. The van der Waals surface area contributed by atoms with Crippen LogP contribution in [-0.4, -0.2) is 62.3 Å². The smallest absolute Gasteiger partial charge is 0.241 e. The summed E-state index contributed by atoms with van der Waals surface area (Å²) in [7, 11) is 1.91. The molecule has 2 rings (SSSR count). The van der Waals surface area contributed by atoms with Gasteiger partial charge < -0.3 is 20.3 Å². The van der Waals surface area contributed by atoms with Gasteiger partial charge in [0.15, 0.2) is 0 Å². The normalized spacial score (nSPS) is 31.2. The van der Waals surface area contributed by atoms with Crippen LogP contribution < -0.4 is 10.6 Å². The Morgan fingerprint density at radius 3 is 2.53 bits per heavy atom. The molecule has 5 heteroatoms. The Balaban J connectivity index is 1.85. The minimum atomic E-state index is -0.0703. The lowest BCUT2D eigenvalue weighted by atomic mass is 10.1. The van der Waals surface area contributed by atoms with Gasteiger partial charge in [-0.15, -0.1) is 0 Å². The number of rotatable bonds is 2. The molecule has 0 aromatic rings. The SMILES string of the molecule is CC1CNC(C(=O)N(C)C2CCOCC2)CN1. The van der Waals surface area contributed by atoms with Crippen molar-refractivity contribution >= 4 is 5.91 Å². The van der Waals surface area contributed by atoms with Gasteiger partial charge in [0.25, 0.3) is 0 Å². The van der Waals surface area contributed by atoms with Crippen molar-refractivity contribution in [2.24, 2.45) is 0 Å². The summed E-state index contributed by atoms with van der Waals surface area (Å²) in [5, 5.41) is 6.64. The van der Waals surface area contributed by atoms with Gasteiger partial charge in [0.05, 0.1) is 6.04 Å². The monoisotopic (exact) mass is 241 g/mol. The van der Waals surface area contributed by atoms with Crippen LogP contribution in [0.4, 0.5) is 0 Å². The van der Waals surface area contributed by atoms with Crippen LogP contribution in [0, 0.1) is 0 Å². The summed E-state index contributed by atoms with van der Waals surface area (Å²) in [6.45, 7) is 5.26. The zero-order valence-electron chi connectivity index (χ0n) is 10.7. The zero-order chi connectivity index (χ0) is 12.3. The predicted octanol–water partition coefficient (Wildman–Crippen LogP) is -0.426. The van der Waals surface area contributed by atoms with E-state index in [0.717, 1.165) is 39.1 Å². The number of likely N-dealkylation sites (N-methyl/N-ethyl adjacent to an activating group) is 1. The number of carbonyl (C=O) groups excluding carboxylic acids is 1. The minimum absolute atomic E-state index is 0.0703. The number of nitrogens with one attached hydrogen (secondary N) is 2. The second kappa shape index (κ2) is 5.80. The predicted molar refractivity (Wildman–Crippen MR) is 65.9 cm³/mol. The number of hydrogen-bond donors (Lipinski definition) is 2. The van der Waals surface area contributed by atoms with Crippen LogP contribution in [0.25, 0.3) is 0 Å². The van der Waals surface area contributed by atoms with Crippen LogP contribution in [-0.2, 0) is 9.53 Å². The minimum Gasteiger partial charge on any atom is -0.381 e. The summed E-state index contributed by atoms with van der Waals surface area (Å²) in [6.07, 6.45) is 1.91. The van der Waals surface area contributed by atoms with E-state index in [9.17, 15) is 4.79 Å². The van der Waals surface area contributed by atoms with Gasteiger partial charge in [0, 0.05) is 45.4 Å². The molecule has 2 heterocycles. The molecular weight excluding hydrogens is 218 g/mol. The number of hydrogen-bond acceptors (Lipinski definition) is 4. The largest absolute Gasteiger partial charge is 0.381 e. The van der Waals surface area contributed by atoms with E-state index >= 15 is 0 Å². The molecule has 0 aromatic heterocycles. The zero-order valence-corrected chi connectivity index (χ0v) is 10.7. The summed E-state index contributed by atoms with van der Waals surface area (Å²) in [5.41, 5.74) is 0. The van der Waals surface area contributed by atoms with Crippen LogP contribution in [0.15, 0.2) is 0 Å². The van der Waals surface area contributed by atoms with Crippen molar-refractivity contribution in [3.8, 4) is 0 Å². The molecule has 2 aliphatic heterocycles. The molecule has 0 radical (unpaired) electrons. The molecule has 0 aromatic carbocycles. The van der Waals surface area contributed by atoms with Crippen LogP contribution in [0.3, 0.4) is 0 Å². The summed E-state index contributed by atoms with van der Waals surface area (Å²) in [5.74, 6) is 0.205. The van der Waals surface area contributed by atoms with Crippen molar-refractivity contribution in [1.82, 2.24) is 15.5 Å². The van der Waals surface area contributed by atoms with Gasteiger partial charge in [0.2, 0.25) is 5.91 Å². The Labute approximate surface area is 103 Å². The van der Waals surface area contributed by atoms with Gasteiger partial charge >= 0.3 is 0 Å². The van der Waals surface area contributed by atoms with Gasteiger partial charge in [0.1, 0.15) is 0 Å². The molecule has 17 heavy (non-hydrogen) atoms. The second-order valence-corrected chi connectivity index (χ2v) is 5.06. The third-order valence-electron chi connectivity index (χ3n) is 3.73. The third-order valence-corrected chi connectivity index (χ3v) is 3.73. The fraction of sp³-hybridized carbons (Fsp3) is 0.917. The van der Waals surface area contributed by atoms with E-state index in [2.05, 4.69) is 17.6 Å². The second-order valence-electron chi connectivity index (χ2n) is 5.06.